The highest BCUT2D eigenvalue weighted by Gasteiger charge is 2.28. The van der Waals surface area contributed by atoms with Crippen LogP contribution in [0.15, 0.2) is 18.2 Å². The zero-order valence-corrected chi connectivity index (χ0v) is 15.5. The zero-order chi connectivity index (χ0) is 15.9. The molecule has 0 saturated carbocycles. The van der Waals surface area contributed by atoms with Gasteiger partial charge in [-0.3, -0.25) is 15.0 Å². The van der Waals surface area contributed by atoms with Crippen LogP contribution in [0, 0.1) is 15.9 Å². The molecule has 2 rings (SSSR count). The first-order valence-electron chi connectivity index (χ1n) is 8.02. The van der Waals surface area contributed by atoms with E-state index in [0.717, 1.165) is 51.9 Å². The summed E-state index contributed by atoms with van der Waals surface area (Å²) < 4.78 is 13.7. The molecule has 0 aliphatic carbocycles. The molecule has 1 atom stereocenters. The van der Waals surface area contributed by atoms with Crippen LogP contribution in [0.5, 0.6) is 0 Å². The van der Waals surface area contributed by atoms with E-state index in [1.165, 1.54) is 18.2 Å². The van der Waals surface area contributed by atoms with E-state index < -0.39 is 10.7 Å². The number of nitro benzene ring substituents is 1. The summed E-state index contributed by atoms with van der Waals surface area (Å²) >= 11 is 0. The van der Waals surface area contributed by atoms with Crippen molar-refractivity contribution in [3.63, 3.8) is 0 Å². The summed E-state index contributed by atoms with van der Waals surface area (Å²) in [5.41, 5.74) is 0.546. The van der Waals surface area contributed by atoms with Gasteiger partial charge in [-0.1, -0.05) is 26.2 Å². The smallest absolute Gasteiger partial charge is 0.274 e. The Morgan fingerprint density at radius 1 is 1.29 bits per heavy atom. The Bertz CT molecular complexity index is 514. The van der Waals surface area contributed by atoms with E-state index in [1.807, 2.05) is 0 Å². The Morgan fingerprint density at radius 3 is 2.54 bits per heavy atom. The summed E-state index contributed by atoms with van der Waals surface area (Å²) in [6.07, 6.45) is 4.02. The van der Waals surface area contributed by atoms with Crippen molar-refractivity contribution in [2.75, 3.05) is 26.2 Å². The Kier molecular flexibility index (Phi) is 11.1. The molecule has 1 aromatic carbocycles. The second kappa shape index (κ2) is 11.6. The molecule has 8 heteroatoms. The fourth-order valence-corrected chi connectivity index (χ4v) is 3.07. The van der Waals surface area contributed by atoms with Crippen molar-refractivity contribution < 1.29 is 9.31 Å². The molecule has 0 amide bonds. The van der Waals surface area contributed by atoms with Crippen molar-refractivity contribution >= 4 is 30.5 Å². The largest absolute Gasteiger partial charge is 0.314 e. The van der Waals surface area contributed by atoms with E-state index in [1.54, 1.807) is 0 Å². The van der Waals surface area contributed by atoms with Crippen LogP contribution in [-0.2, 0) is 0 Å². The first-order chi connectivity index (χ1) is 10.6. The molecule has 138 valence electrons. The summed E-state index contributed by atoms with van der Waals surface area (Å²) in [6, 6.07) is 3.73. The monoisotopic (exact) mass is 381 g/mol. The molecule has 24 heavy (non-hydrogen) atoms. The second-order valence-electron chi connectivity index (χ2n) is 5.76. The number of nitrogens with zero attached hydrogens (tertiary/aromatic N) is 2. The molecule has 1 aliphatic heterocycles. The molecule has 5 nitrogen and oxygen atoms in total. The molecule has 0 bridgehead atoms. The van der Waals surface area contributed by atoms with Gasteiger partial charge in [0.2, 0.25) is 0 Å². The Labute approximate surface area is 155 Å². The Balaban J connectivity index is 0.00000264. The molecule has 0 aromatic heterocycles. The topological polar surface area (TPSA) is 58.4 Å². The summed E-state index contributed by atoms with van der Waals surface area (Å²) in [4.78, 5) is 13.1. The molecule has 1 fully saturated rings. The third-order valence-electron chi connectivity index (χ3n) is 4.22. The van der Waals surface area contributed by atoms with Gasteiger partial charge in [-0.05, 0) is 18.6 Å². The minimum atomic E-state index is -0.406. The van der Waals surface area contributed by atoms with Gasteiger partial charge in [-0.25, -0.2) is 4.39 Å². The summed E-state index contributed by atoms with van der Waals surface area (Å²) in [5, 5.41) is 14.6. The standard InChI is InChI=1S/C16H24FN3O2.2ClH/c1-2-3-4-5-15(19-10-8-18-9-11-19)14-12-13(17)6-7-16(14)20(21)22;;/h6-7,12,15,18H,2-5,8-11H2,1H3;2*1H/t15-;;/m0../s1. The minimum Gasteiger partial charge on any atom is -0.314 e. The zero-order valence-electron chi connectivity index (χ0n) is 13.9. The number of piperazine rings is 1. The highest BCUT2D eigenvalue weighted by atomic mass is 35.5. The highest BCUT2D eigenvalue weighted by Crippen LogP contribution is 2.34. The van der Waals surface area contributed by atoms with Gasteiger partial charge < -0.3 is 5.32 Å². The number of hydrogen-bond donors (Lipinski definition) is 1. The maximum atomic E-state index is 13.7. The normalized spacial score (nSPS) is 15.9. The number of hydrogen-bond acceptors (Lipinski definition) is 4. The van der Waals surface area contributed by atoms with Gasteiger partial charge >= 0.3 is 0 Å². The highest BCUT2D eigenvalue weighted by molar-refractivity contribution is 5.85. The van der Waals surface area contributed by atoms with E-state index in [2.05, 4.69) is 17.1 Å². The molecular formula is C16H26Cl2FN3O2. The number of nitrogens with one attached hydrogen (secondary N) is 1. The minimum absolute atomic E-state index is 0. The number of rotatable bonds is 7. The van der Waals surface area contributed by atoms with Gasteiger partial charge in [-0.2, -0.15) is 0 Å². The van der Waals surface area contributed by atoms with Crippen LogP contribution in [-0.4, -0.2) is 36.0 Å². The molecule has 1 aromatic rings. The van der Waals surface area contributed by atoms with Crippen molar-refractivity contribution in [1.29, 1.82) is 0 Å². The number of unbranched alkanes of at least 4 members (excludes halogenated alkanes) is 2. The lowest BCUT2D eigenvalue weighted by molar-refractivity contribution is -0.386. The van der Waals surface area contributed by atoms with Crippen LogP contribution in [0.2, 0.25) is 0 Å². The van der Waals surface area contributed by atoms with E-state index in [9.17, 15) is 14.5 Å². The maximum Gasteiger partial charge on any atom is 0.274 e. The lowest BCUT2D eigenvalue weighted by atomic mass is 9.96. The predicted molar refractivity (Wildman–Crippen MR) is 98.9 cm³/mol. The van der Waals surface area contributed by atoms with E-state index in [4.69, 9.17) is 0 Å². The number of halogens is 3. The van der Waals surface area contributed by atoms with Gasteiger partial charge in [-0.15, -0.1) is 24.8 Å². The summed E-state index contributed by atoms with van der Waals surface area (Å²) in [5.74, 6) is -0.406. The molecular weight excluding hydrogens is 356 g/mol. The SMILES string of the molecule is CCCCC[C@@H](c1cc(F)ccc1[N+](=O)[O-])N1CCNCC1.Cl.Cl. The maximum absolute atomic E-state index is 13.7. The van der Waals surface area contributed by atoms with Crippen LogP contribution in [0.3, 0.4) is 0 Å². The van der Waals surface area contributed by atoms with Crippen LogP contribution < -0.4 is 5.32 Å². The van der Waals surface area contributed by atoms with Crippen molar-refractivity contribution in [3.05, 3.63) is 39.7 Å². The lowest BCUT2D eigenvalue weighted by Gasteiger charge is -2.35. The molecule has 1 aliphatic rings. The molecule has 1 saturated heterocycles. The third kappa shape index (κ3) is 6.16. The Morgan fingerprint density at radius 2 is 1.96 bits per heavy atom. The van der Waals surface area contributed by atoms with Crippen LogP contribution in [0.1, 0.15) is 44.2 Å². The Hall–Kier alpha value is -0.950. The van der Waals surface area contributed by atoms with Gasteiger partial charge in [0.1, 0.15) is 5.82 Å². The van der Waals surface area contributed by atoms with E-state index >= 15 is 0 Å². The molecule has 1 N–H and O–H groups in total. The third-order valence-corrected chi connectivity index (χ3v) is 4.22. The lowest BCUT2D eigenvalue weighted by Crippen LogP contribution is -2.45. The van der Waals surface area contributed by atoms with Crippen molar-refractivity contribution in [2.24, 2.45) is 0 Å². The number of benzene rings is 1. The van der Waals surface area contributed by atoms with Gasteiger partial charge in [0.25, 0.3) is 5.69 Å². The fourth-order valence-electron chi connectivity index (χ4n) is 3.07. The summed E-state index contributed by atoms with van der Waals surface area (Å²) in [7, 11) is 0. The van der Waals surface area contributed by atoms with Gasteiger partial charge in [0.05, 0.1) is 4.92 Å². The molecule has 0 unspecified atom stereocenters. The van der Waals surface area contributed by atoms with Crippen molar-refractivity contribution in [2.45, 2.75) is 38.6 Å². The van der Waals surface area contributed by atoms with Crippen molar-refractivity contribution in [3.8, 4) is 0 Å². The second-order valence-corrected chi connectivity index (χ2v) is 5.76. The van der Waals surface area contributed by atoms with Crippen molar-refractivity contribution in [1.82, 2.24) is 10.2 Å². The molecule has 0 spiro atoms. The van der Waals surface area contributed by atoms with Gasteiger partial charge in [0.15, 0.2) is 0 Å². The van der Waals surface area contributed by atoms with E-state index in [0.29, 0.717) is 5.56 Å². The average molecular weight is 382 g/mol. The van der Waals surface area contributed by atoms with Crippen LogP contribution in [0.25, 0.3) is 0 Å². The first-order valence-corrected chi connectivity index (χ1v) is 8.02. The van der Waals surface area contributed by atoms with Crippen LogP contribution in [0.4, 0.5) is 10.1 Å². The first kappa shape index (κ1) is 23.1. The quantitative estimate of drug-likeness (QED) is 0.438. The van der Waals surface area contributed by atoms with Gasteiger partial charge in [0, 0.05) is 43.9 Å². The molecule has 0 radical (unpaired) electrons. The van der Waals surface area contributed by atoms with E-state index in [-0.39, 0.29) is 36.5 Å². The molecule has 1 heterocycles. The number of nitro groups is 1. The average Bonchev–Trinajstić information content (AvgIpc) is 2.52. The fraction of sp³-hybridized carbons (Fsp3) is 0.625. The predicted octanol–water partition coefficient (Wildman–Crippen LogP) is 4.10. The summed E-state index contributed by atoms with van der Waals surface area (Å²) in [6.45, 7) is 5.54. The van der Waals surface area contributed by atoms with Crippen LogP contribution >= 0.6 is 24.8 Å².